The van der Waals surface area contributed by atoms with Gasteiger partial charge in [-0.25, -0.2) is 0 Å². The van der Waals surface area contributed by atoms with Crippen LogP contribution in [-0.2, 0) is 6.42 Å². The smallest absolute Gasteiger partial charge is 0.0332 e. The van der Waals surface area contributed by atoms with Gasteiger partial charge in [0.1, 0.15) is 0 Å². The summed E-state index contributed by atoms with van der Waals surface area (Å²) in [5.41, 5.74) is 7.91. The topological polar surface area (TPSA) is 29.3 Å². The summed E-state index contributed by atoms with van der Waals surface area (Å²) in [5.74, 6) is 0. The van der Waals surface area contributed by atoms with Crippen LogP contribution in [0.3, 0.4) is 0 Å². The summed E-state index contributed by atoms with van der Waals surface area (Å²) >= 11 is 3.47. The Kier molecular flexibility index (Phi) is 6.51. The van der Waals surface area contributed by atoms with Gasteiger partial charge in [0.05, 0.1) is 0 Å². The summed E-state index contributed by atoms with van der Waals surface area (Å²) in [6, 6.07) is 8.63. The van der Waals surface area contributed by atoms with E-state index in [-0.39, 0.29) is 11.6 Å². The van der Waals surface area contributed by atoms with Crippen LogP contribution in [0.5, 0.6) is 0 Å². The quantitative estimate of drug-likeness (QED) is 0.825. The molecule has 0 aliphatic heterocycles. The zero-order valence-electron chi connectivity index (χ0n) is 12.6. The molecule has 1 aromatic rings. The van der Waals surface area contributed by atoms with Gasteiger partial charge in [-0.1, -0.05) is 48.8 Å². The third-order valence-electron chi connectivity index (χ3n) is 4.37. The van der Waals surface area contributed by atoms with Crippen LogP contribution in [0.15, 0.2) is 28.7 Å². The van der Waals surface area contributed by atoms with E-state index in [1.165, 1.54) is 5.56 Å². The number of hydrogen-bond donors (Lipinski definition) is 1. The molecule has 3 heteroatoms. The van der Waals surface area contributed by atoms with Gasteiger partial charge in [-0.3, -0.25) is 4.90 Å². The van der Waals surface area contributed by atoms with Crippen LogP contribution in [0.2, 0.25) is 0 Å². The molecule has 0 saturated carbocycles. The van der Waals surface area contributed by atoms with Gasteiger partial charge in [-0.05, 0) is 50.6 Å². The van der Waals surface area contributed by atoms with Gasteiger partial charge in [0.15, 0.2) is 0 Å². The fourth-order valence-electron chi connectivity index (χ4n) is 2.76. The molecular formula is C16H27BrN2. The molecule has 0 fully saturated rings. The van der Waals surface area contributed by atoms with Crippen molar-refractivity contribution in [3.8, 4) is 0 Å². The normalized spacial score (nSPS) is 16.4. The predicted molar refractivity (Wildman–Crippen MR) is 87.4 cm³/mol. The molecule has 0 spiro atoms. The van der Waals surface area contributed by atoms with Gasteiger partial charge < -0.3 is 5.73 Å². The Morgan fingerprint density at radius 1 is 1.16 bits per heavy atom. The highest BCUT2D eigenvalue weighted by Crippen LogP contribution is 2.25. The molecule has 2 unspecified atom stereocenters. The minimum absolute atomic E-state index is 0.0660. The molecule has 1 rings (SSSR count). The van der Waals surface area contributed by atoms with Crippen LogP contribution in [-0.4, -0.2) is 29.6 Å². The van der Waals surface area contributed by atoms with Crippen LogP contribution < -0.4 is 5.73 Å². The van der Waals surface area contributed by atoms with Gasteiger partial charge in [0, 0.05) is 16.1 Å². The summed E-state index contributed by atoms with van der Waals surface area (Å²) in [5, 5.41) is 0. The summed E-state index contributed by atoms with van der Waals surface area (Å²) in [6.07, 6.45) is 2.00. The summed E-state index contributed by atoms with van der Waals surface area (Å²) < 4.78 is 1.12. The highest BCUT2D eigenvalue weighted by atomic mass is 79.9. The Bertz CT molecular complexity index is 373. The number of nitrogens with two attached hydrogens (primary N) is 1. The second-order valence-corrected chi connectivity index (χ2v) is 6.24. The highest BCUT2D eigenvalue weighted by molar-refractivity contribution is 9.10. The van der Waals surface area contributed by atoms with E-state index in [1.54, 1.807) is 0 Å². The van der Waals surface area contributed by atoms with E-state index in [9.17, 15) is 0 Å². The summed E-state index contributed by atoms with van der Waals surface area (Å²) in [4.78, 5) is 2.48. The van der Waals surface area contributed by atoms with E-state index in [0.717, 1.165) is 30.4 Å². The highest BCUT2D eigenvalue weighted by Gasteiger charge is 2.34. The van der Waals surface area contributed by atoms with Crippen molar-refractivity contribution in [2.75, 3.05) is 13.1 Å². The number of halogens is 1. The molecule has 0 aromatic heterocycles. The molecule has 0 aliphatic rings. The summed E-state index contributed by atoms with van der Waals surface area (Å²) in [6.45, 7) is 11.1. The first-order valence-electron chi connectivity index (χ1n) is 7.23. The maximum atomic E-state index is 6.53. The standard InChI is InChI=1S/C16H27BrN2/c1-5-16(4,19(6-2)7-3)15(18)12-13-8-10-14(17)11-9-13/h8-11,15H,5-7,12,18H2,1-4H3. The Morgan fingerprint density at radius 3 is 2.11 bits per heavy atom. The number of benzene rings is 1. The molecule has 2 N–H and O–H groups in total. The maximum absolute atomic E-state index is 6.53. The van der Waals surface area contributed by atoms with Crippen LogP contribution in [0.4, 0.5) is 0 Å². The van der Waals surface area contributed by atoms with Crippen molar-refractivity contribution in [2.24, 2.45) is 5.73 Å². The Morgan fingerprint density at radius 2 is 1.68 bits per heavy atom. The molecule has 2 nitrogen and oxygen atoms in total. The third kappa shape index (κ3) is 4.04. The number of likely N-dealkylation sites (N-methyl/N-ethyl adjacent to an activating group) is 1. The van der Waals surface area contributed by atoms with Crippen molar-refractivity contribution >= 4 is 15.9 Å². The van der Waals surface area contributed by atoms with Crippen molar-refractivity contribution in [1.29, 1.82) is 0 Å². The van der Waals surface area contributed by atoms with Gasteiger partial charge in [0.25, 0.3) is 0 Å². The second kappa shape index (κ2) is 7.41. The van der Waals surface area contributed by atoms with E-state index in [1.807, 2.05) is 0 Å². The van der Waals surface area contributed by atoms with Crippen molar-refractivity contribution in [1.82, 2.24) is 4.90 Å². The van der Waals surface area contributed by atoms with Crippen molar-refractivity contribution in [2.45, 2.75) is 52.1 Å². The fourth-order valence-corrected chi connectivity index (χ4v) is 3.02. The molecule has 0 aliphatic carbocycles. The fraction of sp³-hybridized carbons (Fsp3) is 0.625. The van der Waals surface area contributed by atoms with Crippen LogP contribution in [0.1, 0.15) is 39.7 Å². The molecule has 0 heterocycles. The van der Waals surface area contributed by atoms with Crippen molar-refractivity contribution < 1.29 is 0 Å². The molecule has 19 heavy (non-hydrogen) atoms. The zero-order chi connectivity index (χ0) is 14.5. The lowest BCUT2D eigenvalue weighted by molar-refractivity contribution is 0.0845. The molecule has 2 atom stereocenters. The SMILES string of the molecule is CCN(CC)C(C)(CC)C(N)Cc1ccc(Br)cc1. The third-order valence-corrected chi connectivity index (χ3v) is 4.90. The lowest BCUT2D eigenvalue weighted by Crippen LogP contribution is -2.58. The maximum Gasteiger partial charge on any atom is 0.0332 e. The first-order valence-corrected chi connectivity index (χ1v) is 8.02. The lowest BCUT2D eigenvalue weighted by atomic mass is 9.84. The molecule has 108 valence electrons. The molecule has 1 aromatic carbocycles. The predicted octanol–water partition coefficient (Wildman–Crippen LogP) is 3.83. The Hall–Kier alpha value is -0.380. The molecule has 0 amide bonds. The average Bonchev–Trinajstić information content (AvgIpc) is 2.42. The number of nitrogens with zero attached hydrogens (tertiary/aromatic N) is 1. The van der Waals surface area contributed by atoms with E-state index in [4.69, 9.17) is 5.73 Å². The minimum atomic E-state index is 0.0660. The minimum Gasteiger partial charge on any atom is -0.326 e. The largest absolute Gasteiger partial charge is 0.326 e. The van der Waals surface area contributed by atoms with E-state index >= 15 is 0 Å². The van der Waals surface area contributed by atoms with Gasteiger partial charge in [-0.15, -0.1) is 0 Å². The van der Waals surface area contributed by atoms with Gasteiger partial charge in [-0.2, -0.15) is 0 Å². The molecule has 0 radical (unpaired) electrons. The average molecular weight is 327 g/mol. The van der Waals surface area contributed by atoms with Gasteiger partial charge >= 0.3 is 0 Å². The van der Waals surface area contributed by atoms with Crippen LogP contribution in [0, 0.1) is 0 Å². The van der Waals surface area contributed by atoms with Crippen LogP contribution in [0.25, 0.3) is 0 Å². The van der Waals surface area contributed by atoms with E-state index in [2.05, 4.69) is 72.8 Å². The number of hydrogen-bond acceptors (Lipinski definition) is 2. The first kappa shape index (κ1) is 16.7. The Balaban J connectivity index is 2.83. The van der Waals surface area contributed by atoms with Crippen LogP contribution >= 0.6 is 15.9 Å². The second-order valence-electron chi connectivity index (χ2n) is 5.32. The van der Waals surface area contributed by atoms with E-state index in [0.29, 0.717) is 0 Å². The van der Waals surface area contributed by atoms with Crippen molar-refractivity contribution in [3.05, 3.63) is 34.3 Å². The van der Waals surface area contributed by atoms with E-state index < -0.39 is 0 Å². The van der Waals surface area contributed by atoms with Crippen molar-refractivity contribution in [3.63, 3.8) is 0 Å². The zero-order valence-corrected chi connectivity index (χ0v) is 14.2. The lowest BCUT2D eigenvalue weighted by Gasteiger charge is -2.44. The number of rotatable bonds is 7. The monoisotopic (exact) mass is 326 g/mol. The Labute approximate surface area is 126 Å². The summed E-state index contributed by atoms with van der Waals surface area (Å²) in [7, 11) is 0. The van der Waals surface area contributed by atoms with Gasteiger partial charge in [0.2, 0.25) is 0 Å². The molecule has 0 bridgehead atoms. The molecular weight excluding hydrogens is 300 g/mol. The first-order chi connectivity index (χ1) is 8.97. The molecule has 0 saturated heterocycles.